The van der Waals surface area contributed by atoms with Crippen LogP contribution in [0.1, 0.15) is 12.5 Å². The van der Waals surface area contributed by atoms with Gasteiger partial charge in [-0.1, -0.05) is 53.5 Å². The second-order valence-electron chi connectivity index (χ2n) is 5.80. The molecule has 0 aliphatic carbocycles. The van der Waals surface area contributed by atoms with Gasteiger partial charge in [0.15, 0.2) is 0 Å². The van der Waals surface area contributed by atoms with E-state index in [1.807, 2.05) is 30.3 Å². The molecule has 0 saturated carbocycles. The van der Waals surface area contributed by atoms with Crippen LogP contribution in [0.25, 0.3) is 0 Å². The summed E-state index contributed by atoms with van der Waals surface area (Å²) in [4.78, 5) is 26.1. The van der Waals surface area contributed by atoms with Crippen molar-refractivity contribution in [3.63, 3.8) is 0 Å². The van der Waals surface area contributed by atoms with Crippen molar-refractivity contribution in [2.75, 3.05) is 13.2 Å². The molecule has 0 spiro atoms. The van der Waals surface area contributed by atoms with E-state index in [0.29, 0.717) is 15.8 Å². The van der Waals surface area contributed by atoms with Gasteiger partial charge in [0.25, 0.3) is 5.91 Å². The van der Waals surface area contributed by atoms with Crippen molar-refractivity contribution in [2.24, 2.45) is 0 Å². The van der Waals surface area contributed by atoms with E-state index in [1.54, 1.807) is 25.1 Å². The predicted molar refractivity (Wildman–Crippen MR) is 96.0 cm³/mol. The van der Waals surface area contributed by atoms with Gasteiger partial charge in [0.1, 0.15) is 17.9 Å². The Kier molecular flexibility index (Phi) is 4.88. The number of benzene rings is 2. The van der Waals surface area contributed by atoms with Crippen LogP contribution in [0.15, 0.2) is 48.5 Å². The highest BCUT2D eigenvalue weighted by atomic mass is 35.5. The normalized spacial score (nSPS) is 19.9. The van der Waals surface area contributed by atoms with Gasteiger partial charge < -0.3 is 10.1 Å². The van der Waals surface area contributed by atoms with Crippen LogP contribution in [0.2, 0.25) is 10.0 Å². The maximum absolute atomic E-state index is 12.7. The number of amides is 3. The molecule has 1 atom stereocenters. The fraction of sp³-hybridized carbons (Fsp3) is 0.222. The summed E-state index contributed by atoms with van der Waals surface area (Å²) in [6.45, 7) is 1.94. The van der Waals surface area contributed by atoms with E-state index in [0.717, 1.165) is 10.5 Å². The second-order valence-corrected chi connectivity index (χ2v) is 6.64. The van der Waals surface area contributed by atoms with Crippen LogP contribution in [0.5, 0.6) is 5.75 Å². The predicted octanol–water partition coefficient (Wildman–Crippen LogP) is 3.84. The van der Waals surface area contributed by atoms with Crippen LogP contribution in [-0.2, 0) is 10.3 Å². The van der Waals surface area contributed by atoms with Gasteiger partial charge in [-0.05, 0) is 30.7 Å². The van der Waals surface area contributed by atoms with E-state index in [4.69, 9.17) is 27.9 Å². The highest BCUT2D eigenvalue weighted by molar-refractivity contribution is 6.35. The molecule has 2 aromatic carbocycles. The molecule has 1 heterocycles. The van der Waals surface area contributed by atoms with Crippen LogP contribution in [0.4, 0.5) is 4.79 Å². The van der Waals surface area contributed by atoms with E-state index >= 15 is 0 Å². The molecule has 1 aliphatic heterocycles. The van der Waals surface area contributed by atoms with Crippen LogP contribution >= 0.6 is 23.2 Å². The smallest absolute Gasteiger partial charge is 0.325 e. The first kappa shape index (κ1) is 17.6. The number of carbonyl (C=O) groups is 2. The van der Waals surface area contributed by atoms with Gasteiger partial charge in [0.05, 0.1) is 11.6 Å². The maximum atomic E-state index is 12.7. The zero-order chi connectivity index (χ0) is 18.0. The number of carbonyl (C=O) groups excluding carboxylic acids is 2. The summed E-state index contributed by atoms with van der Waals surface area (Å²) in [5.74, 6) is 0.137. The van der Waals surface area contributed by atoms with Crippen molar-refractivity contribution in [3.05, 3.63) is 64.1 Å². The van der Waals surface area contributed by atoms with E-state index in [2.05, 4.69) is 5.32 Å². The number of nitrogens with zero attached hydrogens (tertiary/aromatic N) is 1. The van der Waals surface area contributed by atoms with Crippen molar-refractivity contribution in [1.29, 1.82) is 0 Å². The number of ether oxygens (including phenoxy) is 1. The average molecular weight is 379 g/mol. The molecule has 1 fully saturated rings. The molecular weight excluding hydrogens is 363 g/mol. The lowest BCUT2D eigenvalue weighted by Crippen LogP contribution is -2.41. The fourth-order valence-electron chi connectivity index (χ4n) is 2.71. The lowest BCUT2D eigenvalue weighted by molar-refractivity contribution is -0.131. The number of imide groups is 1. The van der Waals surface area contributed by atoms with E-state index in [1.165, 1.54) is 0 Å². The first-order valence-corrected chi connectivity index (χ1v) is 8.45. The Morgan fingerprint density at radius 3 is 2.52 bits per heavy atom. The van der Waals surface area contributed by atoms with Gasteiger partial charge in [0.2, 0.25) is 0 Å². The molecule has 7 heteroatoms. The zero-order valence-electron chi connectivity index (χ0n) is 13.5. The minimum Gasteiger partial charge on any atom is -0.490 e. The number of halogens is 2. The van der Waals surface area contributed by atoms with Gasteiger partial charge in [-0.15, -0.1) is 0 Å². The van der Waals surface area contributed by atoms with Gasteiger partial charge in [-0.25, -0.2) is 4.79 Å². The standard InChI is InChI=1S/C18H16Cl2N2O3/c1-18(12-5-3-2-4-6-12)16(23)22(17(24)21-18)9-10-25-15-8-7-13(19)11-14(15)20/h2-8,11H,9-10H2,1H3,(H,21,24). The summed E-state index contributed by atoms with van der Waals surface area (Å²) in [5.41, 5.74) is -0.339. The summed E-state index contributed by atoms with van der Waals surface area (Å²) in [5, 5.41) is 3.63. The maximum Gasteiger partial charge on any atom is 0.325 e. The highest BCUT2D eigenvalue weighted by Crippen LogP contribution is 2.29. The monoisotopic (exact) mass is 378 g/mol. The van der Waals surface area contributed by atoms with Crippen LogP contribution < -0.4 is 10.1 Å². The molecule has 130 valence electrons. The third-order valence-corrected chi connectivity index (χ3v) is 4.62. The Balaban J connectivity index is 1.67. The summed E-state index contributed by atoms with van der Waals surface area (Å²) < 4.78 is 5.56. The van der Waals surface area contributed by atoms with Crippen LogP contribution in [0.3, 0.4) is 0 Å². The van der Waals surface area contributed by atoms with Gasteiger partial charge >= 0.3 is 6.03 Å². The Labute approximate surface area is 155 Å². The molecule has 3 amide bonds. The lowest BCUT2D eigenvalue weighted by Gasteiger charge is -2.22. The van der Waals surface area contributed by atoms with E-state index < -0.39 is 11.6 Å². The molecule has 1 N–H and O–H groups in total. The van der Waals surface area contributed by atoms with E-state index in [-0.39, 0.29) is 19.1 Å². The molecule has 2 aromatic rings. The summed E-state index contributed by atoms with van der Waals surface area (Å²) in [6, 6.07) is 13.6. The Morgan fingerprint density at radius 2 is 1.84 bits per heavy atom. The topological polar surface area (TPSA) is 58.6 Å². The van der Waals surface area contributed by atoms with Crippen molar-refractivity contribution in [3.8, 4) is 5.75 Å². The Hall–Kier alpha value is -2.24. The minimum absolute atomic E-state index is 0.117. The van der Waals surface area contributed by atoms with Crippen LogP contribution in [-0.4, -0.2) is 30.0 Å². The molecule has 25 heavy (non-hydrogen) atoms. The molecule has 1 unspecified atom stereocenters. The first-order valence-electron chi connectivity index (χ1n) is 7.69. The number of nitrogens with one attached hydrogen (secondary N) is 1. The number of hydrogen-bond acceptors (Lipinski definition) is 3. The van der Waals surface area contributed by atoms with Gasteiger partial charge in [-0.2, -0.15) is 0 Å². The fourth-order valence-corrected chi connectivity index (χ4v) is 3.17. The molecule has 1 saturated heterocycles. The molecular formula is C18H16Cl2N2O3. The third-order valence-electron chi connectivity index (χ3n) is 4.09. The van der Waals surface area contributed by atoms with E-state index in [9.17, 15) is 9.59 Å². The van der Waals surface area contributed by atoms with Crippen molar-refractivity contribution < 1.29 is 14.3 Å². The lowest BCUT2D eigenvalue weighted by atomic mass is 9.92. The molecule has 0 bridgehead atoms. The molecule has 1 aliphatic rings. The molecule has 3 rings (SSSR count). The largest absolute Gasteiger partial charge is 0.490 e. The Morgan fingerprint density at radius 1 is 1.12 bits per heavy atom. The van der Waals surface area contributed by atoms with Gasteiger partial charge in [0, 0.05) is 5.02 Å². The highest BCUT2D eigenvalue weighted by Gasteiger charge is 2.48. The molecule has 0 aromatic heterocycles. The SMILES string of the molecule is CC1(c2ccccc2)NC(=O)N(CCOc2ccc(Cl)cc2Cl)C1=O. The molecule has 0 radical (unpaired) electrons. The number of hydrogen-bond donors (Lipinski definition) is 1. The van der Waals surface area contributed by atoms with Crippen molar-refractivity contribution >= 4 is 35.1 Å². The number of urea groups is 1. The average Bonchev–Trinajstić information content (AvgIpc) is 2.81. The van der Waals surface area contributed by atoms with Crippen molar-refractivity contribution in [1.82, 2.24) is 10.2 Å². The Bertz CT molecular complexity index is 813. The minimum atomic E-state index is -1.07. The van der Waals surface area contributed by atoms with Crippen molar-refractivity contribution in [2.45, 2.75) is 12.5 Å². The quantitative estimate of drug-likeness (QED) is 0.804. The number of rotatable bonds is 5. The first-order chi connectivity index (χ1) is 11.9. The summed E-state index contributed by atoms with van der Waals surface area (Å²) in [6.07, 6.45) is 0. The third kappa shape index (κ3) is 3.43. The summed E-state index contributed by atoms with van der Waals surface area (Å²) >= 11 is 11.9. The zero-order valence-corrected chi connectivity index (χ0v) is 15.0. The van der Waals surface area contributed by atoms with Gasteiger partial charge in [-0.3, -0.25) is 9.69 Å². The second kappa shape index (κ2) is 6.94. The summed E-state index contributed by atoms with van der Waals surface area (Å²) in [7, 11) is 0. The van der Waals surface area contributed by atoms with Crippen LogP contribution in [0, 0.1) is 0 Å². The molecule has 5 nitrogen and oxygen atoms in total.